The van der Waals surface area contributed by atoms with E-state index >= 15 is 0 Å². The van der Waals surface area contributed by atoms with Crippen LogP contribution in [0.2, 0.25) is 0 Å². The maximum Gasteiger partial charge on any atom is 0.308 e. The first-order valence-electron chi connectivity index (χ1n) is 9.97. The fourth-order valence-corrected chi connectivity index (χ4v) is 3.28. The van der Waals surface area contributed by atoms with Gasteiger partial charge in [0.05, 0.1) is 12.7 Å². The minimum atomic E-state index is -0.489. The van der Waals surface area contributed by atoms with Gasteiger partial charge in [-0.1, -0.05) is 23.8 Å². The number of rotatable bonds is 6. The molecule has 7 heteroatoms. The second kappa shape index (κ2) is 9.51. The van der Waals surface area contributed by atoms with E-state index in [2.05, 4.69) is 0 Å². The number of fused-ring (bicyclic) bond motifs is 1. The summed E-state index contributed by atoms with van der Waals surface area (Å²) in [4.78, 5) is 36.2. The van der Waals surface area contributed by atoms with Crippen molar-refractivity contribution in [2.24, 2.45) is 0 Å². The lowest BCUT2D eigenvalue weighted by molar-refractivity contribution is -0.132. The molecule has 0 aliphatic heterocycles. The maximum atomic E-state index is 13.4. The first-order chi connectivity index (χ1) is 15.2. The molecule has 0 bridgehead atoms. The van der Waals surface area contributed by atoms with Crippen molar-refractivity contribution in [3.8, 4) is 28.4 Å². The normalized spacial score (nSPS) is 10.5. The zero-order chi connectivity index (χ0) is 23.4. The van der Waals surface area contributed by atoms with Crippen molar-refractivity contribution in [2.75, 3.05) is 7.11 Å². The zero-order valence-electron chi connectivity index (χ0n) is 18.6. The monoisotopic (exact) mass is 436 g/mol. The van der Waals surface area contributed by atoms with Gasteiger partial charge in [-0.2, -0.15) is 0 Å². The summed E-state index contributed by atoms with van der Waals surface area (Å²) in [5, 5.41) is 0.252. The number of benzene rings is 2. The number of carbonyl (C=O) groups is 2. The molecular weight excluding hydrogens is 412 g/mol. The molecule has 0 atom stereocenters. The van der Waals surface area contributed by atoms with Crippen molar-refractivity contribution >= 4 is 22.9 Å². The van der Waals surface area contributed by atoms with E-state index in [1.165, 1.54) is 33.3 Å². The molecule has 3 aromatic rings. The van der Waals surface area contributed by atoms with E-state index in [0.717, 1.165) is 5.57 Å². The number of hydrogen-bond acceptors (Lipinski definition) is 7. The molecule has 0 N–H and O–H groups in total. The molecule has 0 fully saturated rings. The van der Waals surface area contributed by atoms with E-state index in [1.54, 1.807) is 24.3 Å². The molecule has 0 saturated heterocycles. The highest BCUT2D eigenvalue weighted by Crippen LogP contribution is 2.36. The molecular formula is C25H24O7. The third kappa shape index (κ3) is 4.88. The topological polar surface area (TPSA) is 92.0 Å². The molecule has 2 aromatic carbocycles. The van der Waals surface area contributed by atoms with Crippen LogP contribution in [0.5, 0.6) is 17.2 Å². The Morgan fingerprint density at radius 3 is 2.19 bits per heavy atom. The SMILES string of the molecule is COc1cc(OC(C)=O)c(CC=C(C)C)c2occ(-c3ccc(OC(C)=O)cc3)c(=O)c12. The number of methoxy groups -OCH3 is 1. The zero-order valence-corrected chi connectivity index (χ0v) is 18.6. The van der Waals surface area contributed by atoms with Crippen LogP contribution in [0.3, 0.4) is 0 Å². The third-order valence-electron chi connectivity index (χ3n) is 4.69. The van der Waals surface area contributed by atoms with Crippen LogP contribution in [0.25, 0.3) is 22.1 Å². The molecule has 7 nitrogen and oxygen atoms in total. The molecule has 0 saturated carbocycles. The van der Waals surface area contributed by atoms with Gasteiger partial charge in [-0.3, -0.25) is 14.4 Å². The minimum Gasteiger partial charge on any atom is -0.496 e. The smallest absolute Gasteiger partial charge is 0.308 e. The fourth-order valence-electron chi connectivity index (χ4n) is 3.28. The number of hydrogen-bond donors (Lipinski definition) is 0. The average molecular weight is 436 g/mol. The highest BCUT2D eigenvalue weighted by Gasteiger charge is 2.21. The second-order valence-electron chi connectivity index (χ2n) is 7.44. The largest absolute Gasteiger partial charge is 0.496 e. The molecule has 1 heterocycles. The van der Waals surface area contributed by atoms with Crippen LogP contribution in [-0.2, 0) is 16.0 Å². The van der Waals surface area contributed by atoms with Crippen molar-refractivity contribution in [1.82, 2.24) is 0 Å². The van der Waals surface area contributed by atoms with Gasteiger partial charge in [-0.05, 0) is 38.0 Å². The summed E-state index contributed by atoms with van der Waals surface area (Å²) >= 11 is 0. The number of ether oxygens (including phenoxy) is 3. The van der Waals surface area contributed by atoms with Gasteiger partial charge in [0.25, 0.3) is 0 Å². The third-order valence-corrected chi connectivity index (χ3v) is 4.69. The van der Waals surface area contributed by atoms with Gasteiger partial charge < -0.3 is 18.6 Å². The maximum absolute atomic E-state index is 13.4. The molecule has 0 aliphatic rings. The van der Waals surface area contributed by atoms with E-state index in [0.29, 0.717) is 34.4 Å². The van der Waals surface area contributed by atoms with Crippen molar-refractivity contribution < 1.29 is 28.2 Å². The van der Waals surface area contributed by atoms with Crippen LogP contribution in [0, 0.1) is 0 Å². The van der Waals surface area contributed by atoms with Crippen LogP contribution >= 0.6 is 0 Å². The van der Waals surface area contributed by atoms with Crippen molar-refractivity contribution in [3.63, 3.8) is 0 Å². The van der Waals surface area contributed by atoms with Crippen LogP contribution in [0.1, 0.15) is 33.3 Å². The molecule has 166 valence electrons. The Morgan fingerprint density at radius 2 is 1.62 bits per heavy atom. The second-order valence-corrected chi connectivity index (χ2v) is 7.44. The average Bonchev–Trinajstić information content (AvgIpc) is 2.72. The Kier molecular flexibility index (Phi) is 6.78. The Morgan fingerprint density at radius 1 is 0.969 bits per heavy atom. The van der Waals surface area contributed by atoms with Gasteiger partial charge in [0, 0.05) is 25.5 Å². The van der Waals surface area contributed by atoms with E-state index in [4.69, 9.17) is 18.6 Å². The Bertz CT molecular complexity index is 1260. The number of carbonyl (C=O) groups excluding carboxylic acids is 2. The standard InChI is InChI=1S/C25H24O7/c1-14(2)6-11-19-21(32-16(4)27)12-22(29-5)23-24(28)20(13-30-25(19)23)17-7-9-18(10-8-17)31-15(3)26/h6-10,12-13H,11H2,1-5H3. The molecule has 0 spiro atoms. The van der Waals surface area contributed by atoms with Crippen molar-refractivity contribution in [2.45, 2.75) is 34.1 Å². The fraction of sp³-hybridized carbons (Fsp3) is 0.240. The van der Waals surface area contributed by atoms with Crippen molar-refractivity contribution in [1.29, 1.82) is 0 Å². The summed E-state index contributed by atoms with van der Waals surface area (Å²) in [5.74, 6) is -0.0266. The van der Waals surface area contributed by atoms with Gasteiger partial charge in [0.2, 0.25) is 5.43 Å². The molecule has 0 aliphatic carbocycles. The lowest BCUT2D eigenvalue weighted by atomic mass is 10.0. The highest BCUT2D eigenvalue weighted by molar-refractivity contribution is 5.92. The molecule has 1 aromatic heterocycles. The Balaban J connectivity index is 2.23. The number of esters is 2. The Hall–Kier alpha value is -3.87. The highest BCUT2D eigenvalue weighted by atomic mass is 16.5. The molecule has 0 radical (unpaired) electrons. The lowest BCUT2D eigenvalue weighted by Gasteiger charge is -2.14. The number of allylic oxidation sites excluding steroid dienone is 2. The van der Waals surface area contributed by atoms with Gasteiger partial charge in [0.15, 0.2) is 0 Å². The summed E-state index contributed by atoms with van der Waals surface area (Å²) < 4.78 is 21.8. The summed E-state index contributed by atoms with van der Waals surface area (Å²) in [6.07, 6.45) is 3.73. The molecule has 32 heavy (non-hydrogen) atoms. The van der Waals surface area contributed by atoms with Gasteiger partial charge in [-0.15, -0.1) is 0 Å². The predicted molar refractivity (Wildman–Crippen MR) is 120 cm³/mol. The summed E-state index contributed by atoms with van der Waals surface area (Å²) in [7, 11) is 1.43. The summed E-state index contributed by atoms with van der Waals surface area (Å²) in [5.41, 5.74) is 2.55. The Labute approximate surface area is 185 Å². The summed E-state index contributed by atoms with van der Waals surface area (Å²) in [6.45, 7) is 6.52. The van der Waals surface area contributed by atoms with Gasteiger partial charge >= 0.3 is 11.9 Å². The predicted octanol–water partition coefficient (Wildman–Crippen LogP) is 4.83. The summed E-state index contributed by atoms with van der Waals surface area (Å²) in [6, 6.07) is 8.06. The van der Waals surface area contributed by atoms with Crippen LogP contribution in [0.15, 0.2) is 57.5 Å². The first kappa shape index (κ1) is 22.8. The van der Waals surface area contributed by atoms with E-state index in [-0.39, 0.29) is 22.3 Å². The van der Waals surface area contributed by atoms with Gasteiger partial charge in [0.1, 0.15) is 34.5 Å². The van der Waals surface area contributed by atoms with E-state index in [1.807, 2.05) is 19.9 Å². The first-order valence-corrected chi connectivity index (χ1v) is 9.97. The van der Waals surface area contributed by atoms with E-state index in [9.17, 15) is 14.4 Å². The molecule has 0 amide bonds. The quantitative estimate of drug-likeness (QED) is 0.310. The van der Waals surface area contributed by atoms with Gasteiger partial charge in [-0.25, -0.2) is 0 Å². The minimum absolute atomic E-state index is 0.240. The van der Waals surface area contributed by atoms with Crippen LogP contribution < -0.4 is 19.6 Å². The van der Waals surface area contributed by atoms with E-state index < -0.39 is 11.9 Å². The van der Waals surface area contributed by atoms with Crippen LogP contribution in [-0.4, -0.2) is 19.0 Å². The molecule has 0 unspecified atom stereocenters. The lowest BCUT2D eigenvalue weighted by Crippen LogP contribution is -2.10. The van der Waals surface area contributed by atoms with Crippen LogP contribution in [0.4, 0.5) is 0 Å². The van der Waals surface area contributed by atoms with Crippen molar-refractivity contribution in [3.05, 3.63) is 64.0 Å². The molecule has 3 rings (SSSR count).